The van der Waals surface area contributed by atoms with E-state index in [4.69, 9.17) is 23.1 Å². The van der Waals surface area contributed by atoms with Crippen LogP contribution in [0.15, 0.2) is 42.5 Å². The summed E-state index contributed by atoms with van der Waals surface area (Å²) >= 11 is 5.81. The Labute approximate surface area is 106 Å². The van der Waals surface area contributed by atoms with Gasteiger partial charge in [0.1, 0.15) is 0 Å². The maximum Gasteiger partial charge on any atom is 0.0414 e. The number of hydrogen-bond acceptors (Lipinski definition) is 2. The normalized spacial score (nSPS) is 9.56. The number of nitrogen functional groups attached to an aromatic ring is 2. The van der Waals surface area contributed by atoms with Crippen LogP contribution in [0.4, 0.5) is 11.4 Å². The molecule has 0 amide bonds. The lowest BCUT2D eigenvalue weighted by molar-refractivity contribution is 1.60. The first kappa shape index (κ1) is 12.7. The summed E-state index contributed by atoms with van der Waals surface area (Å²) in [7, 11) is 0. The maximum absolute atomic E-state index is 5.88. The molecule has 0 aliphatic carbocycles. The van der Waals surface area contributed by atoms with E-state index in [2.05, 4.69) is 0 Å². The van der Waals surface area contributed by atoms with Gasteiger partial charge in [0, 0.05) is 22.0 Å². The van der Waals surface area contributed by atoms with Gasteiger partial charge in [0.15, 0.2) is 0 Å². The van der Waals surface area contributed by atoms with E-state index in [0.717, 1.165) is 11.1 Å². The van der Waals surface area contributed by atoms with E-state index in [1.54, 1.807) is 6.07 Å². The lowest BCUT2D eigenvalue weighted by Crippen LogP contribution is -1.92. The second-order valence-corrected chi connectivity index (χ2v) is 3.79. The van der Waals surface area contributed by atoms with Crippen LogP contribution in [0.1, 0.15) is 0 Å². The maximum atomic E-state index is 5.88. The van der Waals surface area contributed by atoms with Gasteiger partial charge in [0.25, 0.3) is 0 Å². The number of halogens is 2. The zero-order valence-corrected chi connectivity index (χ0v) is 10.1. The van der Waals surface area contributed by atoms with E-state index in [1.807, 2.05) is 36.4 Å². The molecule has 0 saturated carbocycles. The zero-order valence-electron chi connectivity index (χ0n) is 8.48. The summed E-state index contributed by atoms with van der Waals surface area (Å²) < 4.78 is 0. The molecule has 0 bridgehead atoms. The average Bonchev–Trinajstić information content (AvgIpc) is 2.20. The van der Waals surface area contributed by atoms with E-state index in [0.29, 0.717) is 16.4 Å². The highest BCUT2D eigenvalue weighted by molar-refractivity contribution is 6.30. The van der Waals surface area contributed by atoms with Gasteiger partial charge < -0.3 is 11.5 Å². The molecule has 0 saturated heterocycles. The van der Waals surface area contributed by atoms with E-state index in [-0.39, 0.29) is 12.4 Å². The average molecular weight is 255 g/mol. The van der Waals surface area contributed by atoms with Crippen LogP contribution >= 0.6 is 24.0 Å². The van der Waals surface area contributed by atoms with Crippen molar-refractivity contribution in [1.29, 1.82) is 0 Å². The fraction of sp³-hybridized carbons (Fsp3) is 0. The largest absolute Gasteiger partial charge is 0.399 e. The molecule has 16 heavy (non-hydrogen) atoms. The number of rotatable bonds is 1. The Morgan fingerprint density at radius 2 is 1.50 bits per heavy atom. The van der Waals surface area contributed by atoms with Crippen LogP contribution in [0.2, 0.25) is 5.02 Å². The predicted octanol–water partition coefficient (Wildman–Crippen LogP) is 3.59. The molecule has 2 aromatic rings. The van der Waals surface area contributed by atoms with Crippen molar-refractivity contribution in [3.8, 4) is 11.1 Å². The van der Waals surface area contributed by atoms with Crippen molar-refractivity contribution in [3.63, 3.8) is 0 Å². The molecule has 0 heterocycles. The molecule has 84 valence electrons. The molecular formula is C12H12Cl2N2. The van der Waals surface area contributed by atoms with E-state index >= 15 is 0 Å². The van der Waals surface area contributed by atoms with Crippen molar-refractivity contribution in [2.24, 2.45) is 0 Å². The first-order valence-corrected chi connectivity index (χ1v) is 4.95. The number of hydrogen-bond donors (Lipinski definition) is 2. The Hall–Kier alpha value is -1.38. The van der Waals surface area contributed by atoms with Gasteiger partial charge >= 0.3 is 0 Å². The predicted molar refractivity (Wildman–Crippen MR) is 73.0 cm³/mol. The molecular weight excluding hydrogens is 243 g/mol. The van der Waals surface area contributed by atoms with Crippen LogP contribution in [0.3, 0.4) is 0 Å². The van der Waals surface area contributed by atoms with Gasteiger partial charge in [-0.15, -0.1) is 12.4 Å². The minimum atomic E-state index is 0. The zero-order chi connectivity index (χ0) is 10.8. The molecule has 0 atom stereocenters. The first-order chi connectivity index (χ1) is 7.16. The van der Waals surface area contributed by atoms with Crippen LogP contribution < -0.4 is 11.5 Å². The SMILES string of the molecule is Cl.Nc1ccc(-c2ccc(Cl)cc2)c(N)c1. The Bertz CT molecular complexity index is 481. The van der Waals surface area contributed by atoms with Gasteiger partial charge in [-0.2, -0.15) is 0 Å². The molecule has 2 aromatic carbocycles. The highest BCUT2D eigenvalue weighted by atomic mass is 35.5. The first-order valence-electron chi connectivity index (χ1n) is 4.58. The number of anilines is 2. The van der Waals surface area contributed by atoms with Crippen molar-refractivity contribution in [3.05, 3.63) is 47.5 Å². The van der Waals surface area contributed by atoms with Gasteiger partial charge in [-0.1, -0.05) is 29.8 Å². The molecule has 0 fully saturated rings. The molecule has 0 unspecified atom stereocenters. The van der Waals surface area contributed by atoms with E-state index in [9.17, 15) is 0 Å². The fourth-order valence-electron chi connectivity index (χ4n) is 1.47. The van der Waals surface area contributed by atoms with Crippen LogP contribution in [-0.2, 0) is 0 Å². The van der Waals surface area contributed by atoms with Crippen molar-refractivity contribution < 1.29 is 0 Å². The molecule has 0 radical (unpaired) electrons. The summed E-state index contributed by atoms with van der Waals surface area (Å²) in [5, 5.41) is 0.716. The minimum absolute atomic E-state index is 0. The van der Waals surface area contributed by atoms with Crippen LogP contribution in [-0.4, -0.2) is 0 Å². The second-order valence-electron chi connectivity index (χ2n) is 3.35. The van der Waals surface area contributed by atoms with Crippen LogP contribution in [0.5, 0.6) is 0 Å². The highest BCUT2D eigenvalue weighted by Crippen LogP contribution is 2.28. The van der Waals surface area contributed by atoms with E-state index < -0.39 is 0 Å². The Morgan fingerprint density at radius 3 is 2.06 bits per heavy atom. The van der Waals surface area contributed by atoms with Crippen molar-refractivity contribution in [1.82, 2.24) is 0 Å². The summed E-state index contributed by atoms with van der Waals surface area (Å²) in [4.78, 5) is 0. The molecule has 2 rings (SSSR count). The molecule has 0 spiro atoms. The summed E-state index contributed by atoms with van der Waals surface area (Å²) in [6, 6.07) is 13.0. The monoisotopic (exact) mass is 254 g/mol. The summed E-state index contributed by atoms with van der Waals surface area (Å²) in [5.41, 5.74) is 14.9. The topological polar surface area (TPSA) is 52.0 Å². The van der Waals surface area contributed by atoms with Gasteiger partial charge in [-0.25, -0.2) is 0 Å². The molecule has 2 nitrogen and oxygen atoms in total. The van der Waals surface area contributed by atoms with Gasteiger partial charge in [0.2, 0.25) is 0 Å². The third-order valence-electron chi connectivity index (χ3n) is 2.23. The second kappa shape index (κ2) is 5.10. The standard InChI is InChI=1S/C12H11ClN2.ClH/c13-9-3-1-8(2-4-9)11-6-5-10(14)7-12(11)15;/h1-7H,14-15H2;1H. The third kappa shape index (κ3) is 2.60. The van der Waals surface area contributed by atoms with Crippen molar-refractivity contribution >= 4 is 35.4 Å². The lowest BCUT2D eigenvalue weighted by Gasteiger charge is -2.06. The summed E-state index contributed by atoms with van der Waals surface area (Å²) in [5.74, 6) is 0. The lowest BCUT2D eigenvalue weighted by atomic mass is 10.0. The van der Waals surface area contributed by atoms with E-state index in [1.165, 1.54) is 0 Å². The summed E-state index contributed by atoms with van der Waals surface area (Å²) in [6.45, 7) is 0. The molecule has 4 N–H and O–H groups in total. The Kier molecular flexibility index (Phi) is 4.05. The minimum Gasteiger partial charge on any atom is -0.399 e. The Morgan fingerprint density at radius 1 is 0.875 bits per heavy atom. The number of nitrogens with two attached hydrogens (primary N) is 2. The van der Waals surface area contributed by atoms with Crippen molar-refractivity contribution in [2.45, 2.75) is 0 Å². The smallest absolute Gasteiger partial charge is 0.0414 e. The molecule has 0 aliphatic heterocycles. The number of benzene rings is 2. The van der Waals surface area contributed by atoms with Crippen LogP contribution in [0, 0.1) is 0 Å². The van der Waals surface area contributed by atoms with Gasteiger partial charge in [0.05, 0.1) is 0 Å². The molecule has 4 heteroatoms. The fourth-order valence-corrected chi connectivity index (χ4v) is 1.60. The molecule has 0 aromatic heterocycles. The van der Waals surface area contributed by atoms with Gasteiger partial charge in [-0.3, -0.25) is 0 Å². The van der Waals surface area contributed by atoms with Crippen molar-refractivity contribution in [2.75, 3.05) is 11.5 Å². The van der Waals surface area contributed by atoms with Gasteiger partial charge in [-0.05, 0) is 29.8 Å². The van der Waals surface area contributed by atoms with Crippen LogP contribution in [0.25, 0.3) is 11.1 Å². The Balaban J connectivity index is 0.00000128. The quantitative estimate of drug-likeness (QED) is 0.765. The summed E-state index contributed by atoms with van der Waals surface area (Å²) in [6.07, 6.45) is 0. The molecule has 0 aliphatic rings. The highest BCUT2D eigenvalue weighted by Gasteiger charge is 2.02. The third-order valence-corrected chi connectivity index (χ3v) is 2.48.